The van der Waals surface area contributed by atoms with E-state index in [2.05, 4.69) is 0 Å². The molecular formula is C25H23F3N2O3. The number of nitrogens with zero attached hydrogens (tertiary/aromatic N) is 1. The molecule has 1 aliphatic carbocycles. The molecule has 0 saturated carbocycles. The first-order chi connectivity index (χ1) is 15.4. The fourth-order valence-corrected chi connectivity index (χ4v) is 4.55. The zero-order valence-corrected chi connectivity index (χ0v) is 18.4. The predicted molar refractivity (Wildman–Crippen MR) is 116 cm³/mol. The van der Waals surface area contributed by atoms with Crippen LogP contribution in [0.25, 0.3) is 0 Å². The molecule has 0 bridgehead atoms. The van der Waals surface area contributed by atoms with Crippen LogP contribution in [0.4, 0.5) is 18.9 Å². The molecule has 0 fully saturated rings. The number of rotatable bonds is 3. The van der Waals surface area contributed by atoms with E-state index in [1.807, 2.05) is 12.2 Å². The molecule has 1 N–H and O–H groups in total. The molecule has 1 atom stereocenters. The number of ketones is 1. The average molecular weight is 456 g/mol. The van der Waals surface area contributed by atoms with Gasteiger partial charge in [0, 0.05) is 23.4 Å². The molecule has 0 saturated heterocycles. The number of amides is 2. The number of aryl methyl sites for hydroxylation is 1. The number of halogens is 3. The Hall–Kier alpha value is -3.42. The lowest BCUT2D eigenvalue weighted by Gasteiger charge is -2.35. The smallest absolute Gasteiger partial charge is 0.326 e. The number of nitrogens with one attached hydrogen (secondary N) is 1. The van der Waals surface area contributed by atoms with Crippen molar-refractivity contribution in [3.8, 4) is 0 Å². The third-order valence-electron chi connectivity index (χ3n) is 6.08. The van der Waals surface area contributed by atoms with E-state index in [0.717, 1.165) is 10.5 Å². The summed E-state index contributed by atoms with van der Waals surface area (Å²) in [4.78, 5) is 40.6. The van der Waals surface area contributed by atoms with Crippen molar-refractivity contribution >= 4 is 23.3 Å². The highest BCUT2D eigenvalue weighted by atomic mass is 19.4. The standard InChI is InChI=1S/C25H23F3N2O3/c1-15-9-11-17(12-10-15)30-18-13-23(2,3)14-19(31)20(18)24(22(30)33,25(26,27)28)29-21(32)16-7-5-4-6-8-16/h4-12H,13-14H2,1-3H3,(H,29,32)/t24-/m0/s1. The van der Waals surface area contributed by atoms with E-state index in [0.29, 0.717) is 0 Å². The van der Waals surface area contributed by atoms with Crippen LogP contribution < -0.4 is 10.2 Å². The summed E-state index contributed by atoms with van der Waals surface area (Å²) in [5, 5.41) is 1.93. The second-order valence-electron chi connectivity index (χ2n) is 9.31. The van der Waals surface area contributed by atoms with Crippen LogP contribution in [0.3, 0.4) is 0 Å². The first kappa shape index (κ1) is 22.8. The van der Waals surface area contributed by atoms with Gasteiger partial charge >= 0.3 is 6.18 Å². The average Bonchev–Trinajstić information content (AvgIpc) is 2.97. The topological polar surface area (TPSA) is 66.5 Å². The molecule has 0 aromatic heterocycles. The molecule has 2 aromatic rings. The normalized spacial score (nSPS) is 22.4. The van der Waals surface area contributed by atoms with Gasteiger partial charge in [0.15, 0.2) is 5.78 Å². The van der Waals surface area contributed by atoms with E-state index in [9.17, 15) is 27.6 Å². The van der Waals surface area contributed by atoms with Crippen molar-refractivity contribution in [2.24, 2.45) is 5.41 Å². The number of benzene rings is 2. The fourth-order valence-electron chi connectivity index (χ4n) is 4.55. The number of anilines is 1. The summed E-state index contributed by atoms with van der Waals surface area (Å²) in [5.41, 5.74) is -3.80. The number of allylic oxidation sites excluding steroid dienone is 1. The van der Waals surface area contributed by atoms with Crippen LogP contribution in [0.1, 0.15) is 42.6 Å². The predicted octanol–water partition coefficient (Wildman–Crippen LogP) is 4.72. The largest absolute Gasteiger partial charge is 0.425 e. The van der Waals surface area contributed by atoms with Crippen molar-refractivity contribution < 1.29 is 27.6 Å². The summed E-state index contributed by atoms with van der Waals surface area (Å²) in [5.74, 6) is -3.29. The zero-order valence-electron chi connectivity index (χ0n) is 18.4. The molecule has 0 spiro atoms. The van der Waals surface area contributed by atoms with Crippen LogP contribution in [0.15, 0.2) is 65.9 Å². The van der Waals surface area contributed by atoms with E-state index in [1.165, 1.54) is 36.4 Å². The van der Waals surface area contributed by atoms with Gasteiger partial charge in [-0.15, -0.1) is 0 Å². The Morgan fingerprint density at radius 1 is 0.970 bits per heavy atom. The molecular weight excluding hydrogens is 433 g/mol. The molecule has 2 amide bonds. The number of carbonyl (C=O) groups excluding carboxylic acids is 3. The van der Waals surface area contributed by atoms with E-state index < -0.39 is 40.3 Å². The second-order valence-corrected chi connectivity index (χ2v) is 9.31. The monoisotopic (exact) mass is 456 g/mol. The van der Waals surface area contributed by atoms with Crippen LogP contribution in [0, 0.1) is 12.3 Å². The summed E-state index contributed by atoms with van der Waals surface area (Å²) < 4.78 is 44.4. The maximum Gasteiger partial charge on any atom is 0.425 e. The van der Waals surface area contributed by atoms with E-state index in [-0.39, 0.29) is 29.8 Å². The van der Waals surface area contributed by atoms with Crippen LogP contribution in [0.5, 0.6) is 0 Å². The molecule has 2 aliphatic rings. The first-order valence-corrected chi connectivity index (χ1v) is 10.5. The lowest BCUT2D eigenvalue weighted by atomic mass is 9.72. The number of hydrogen-bond acceptors (Lipinski definition) is 3. The molecule has 1 heterocycles. The SMILES string of the molecule is Cc1ccc(N2C(=O)[C@](NC(=O)c3ccccc3)(C(F)(F)F)C3=C2CC(C)(C)CC3=O)cc1. The Morgan fingerprint density at radius 2 is 1.58 bits per heavy atom. The summed E-state index contributed by atoms with van der Waals surface area (Å²) in [7, 11) is 0. The van der Waals surface area contributed by atoms with Crippen LogP contribution in [0.2, 0.25) is 0 Å². The van der Waals surface area contributed by atoms with Crippen molar-refractivity contribution in [3.05, 3.63) is 77.0 Å². The van der Waals surface area contributed by atoms with Gasteiger partial charge in [-0.3, -0.25) is 19.3 Å². The Labute approximate surface area is 189 Å². The van der Waals surface area contributed by atoms with Gasteiger partial charge in [0.05, 0.1) is 5.57 Å². The summed E-state index contributed by atoms with van der Waals surface area (Å²) in [6, 6.07) is 13.7. The molecule has 172 valence electrons. The van der Waals surface area contributed by atoms with Gasteiger partial charge in [0.25, 0.3) is 11.8 Å². The van der Waals surface area contributed by atoms with Gasteiger partial charge in [0.1, 0.15) is 0 Å². The minimum atomic E-state index is -5.24. The second kappa shape index (κ2) is 7.57. The maximum absolute atomic E-state index is 14.8. The molecule has 4 rings (SSSR count). The Bertz CT molecular complexity index is 1170. The number of hydrogen-bond donors (Lipinski definition) is 1. The zero-order chi connectivity index (χ0) is 24.2. The highest BCUT2D eigenvalue weighted by molar-refractivity contribution is 6.21. The molecule has 0 unspecified atom stereocenters. The van der Waals surface area contributed by atoms with Gasteiger partial charge in [-0.25, -0.2) is 0 Å². The number of carbonyl (C=O) groups is 3. The molecule has 8 heteroatoms. The third-order valence-corrected chi connectivity index (χ3v) is 6.08. The third kappa shape index (κ3) is 3.63. The van der Waals surface area contributed by atoms with Gasteiger partial charge in [0.2, 0.25) is 5.54 Å². The van der Waals surface area contributed by atoms with Crippen LogP contribution >= 0.6 is 0 Å². The van der Waals surface area contributed by atoms with Crippen LogP contribution in [-0.4, -0.2) is 29.3 Å². The summed E-state index contributed by atoms with van der Waals surface area (Å²) in [6.07, 6.45) is -5.34. The molecule has 1 aliphatic heterocycles. The van der Waals surface area contributed by atoms with E-state index in [4.69, 9.17) is 0 Å². The van der Waals surface area contributed by atoms with Gasteiger partial charge < -0.3 is 5.32 Å². The highest BCUT2D eigenvalue weighted by Crippen LogP contribution is 2.52. The lowest BCUT2D eigenvalue weighted by Crippen LogP contribution is -2.66. The molecule has 0 radical (unpaired) electrons. The Kier molecular flexibility index (Phi) is 5.22. The maximum atomic E-state index is 14.8. The van der Waals surface area contributed by atoms with Crippen molar-refractivity contribution in [1.82, 2.24) is 5.32 Å². The quantitative estimate of drug-likeness (QED) is 0.727. The van der Waals surface area contributed by atoms with Gasteiger partial charge in [-0.1, -0.05) is 49.7 Å². The minimum absolute atomic E-state index is 0.0178. The highest BCUT2D eigenvalue weighted by Gasteiger charge is 2.71. The van der Waals surface area contributed by atoms with Crippen LogP contribution in [-0.2, 0) is 9.59 Å². The first-order valence-electron chi connectivity index (χ1n) is 10.5. The van der Waals surface area contributed by atoms with Crippen molar-refractivity contribution in [2.75, 3.05) is 4.90 Å². The Balaban J connectivity index is 1.94. The summed E-state index contributed by atoms with van der Waals surface area (Å²) >= 11 is 0. The van der Waals surface area contributed by atoms with E-state index in [1.54, 1.807) is 32.0 Å². The summed E-state index contributed by atoms with van der Waals surface area (Å²) in [6.45, 7) is 5.35. The van der Waals surface area contributed by atoms with Gasteiger partial charge in [-0.2, -0.15) is 13.2 Å². The Morgan fingerprint density at radius 3 is 2.15 bits per heavy atom. The molecule has 5 nitrogen and oxygen atoms in total. The number of alkyl halides is 3. The van der Waals surface area contributed by atoms with Crippen molar-refractivity contribution in [2.45, 2.75) is 45.3 Å². The van der Waals surface area contributed by atoms with Crippen molar-refractivity contribution in [1.29, 1.82) is 0 Å². The van der Waals surface area contributed by atoms with Crippen molar-refractivity contribution in [3.63, 3.8) is 0 Å². The van der Waals surface area contributed by atoms with E-state index >= 15 is 0 Å². The molecule has 2 aromatic carbocycles. The number of Topliss-reactive ketones (excluding diaryl/α,β-unsaturated/α-hetero) is 1. The lowest BCUT2D eigenvalue weighted by molar-refractivity contribution is -0.186. The molecule has 33 heavy (non-hydrogen) atoms. The van der Waals surface area contributed by atoms with Gasteiger partial charge in [-0.05, 0) is 43.0 Å². The minimum Gasteiger partial charge on any atom is -0.326 e. The fraction of sp³-hybridized carbons (Fsp3) is 0.320.